The van der Waals surface area contributed by atoms with Crippen molar-refractivity contribution in [3.05, 3.63) is 338 Å². The number of carbonyl (C=O) groups is 3. The first-order valence-electron chi connectivity index (χ1n) is 27.3. The second-order valence-corrected chi connectivity index (χ2v) is 22.9. The molecule has 12 rings (SSSR count). The van der Waals surface area contributed by atoms with E-state index in [1.165, 1.54) is 28.0 Å². The highest BCUT2D eigenvalue weighted by atomic mass is 79.9. The van der Waals surface area contributed by atoms with Crippen LogP contribution in [0.3, 0.4) is 0 Å². The van der Waals surface area contributed by atoms with Crippen molar-refractivity contribution in [2.24, 2.45) is 5.16 Å². The van der Waals surface area contributed by atoms with Crippen molar-refractivity contribution < 1.29 is 28.7 Å². The number of hydrogen-bond donors (Lipinski definition) is 2. The number of thiazole rings is 1. The number of anilines is 1. The summed E-state index contributed by atoms with van der Waals surface area (Å²) in [7, 11) is 0. The lowest BCUT2D eigenvalue weighted by Crippen LogP contribution is -2.71. The molecule has 10 aromatic rings. The highest BCUT2D eigenvalue weighted by molar-refractivity contribution is 9.10. The van der Waals surface area contributed by atoms with Gasteiger partial charge < -0.3 is 24.9 Å². The Morgan fingerprint density at radius 3 is 1.51 bits per heavy atom. The summed E-state index contributed by atoms with van der Waals surface area (Å²) in [5, 5.41) is 13.3. The van der Waals surface area contributed by atoms with Crippen LogP contribution < -0.4 is 15.4 Å². The van der Waals surface area contributed by atoms with Crippen molar-refractivity contribution in [3.63, 3.8) is 0 Å². The summed E-state index contributed by atoms with van der Waals surface area (Å²) in [6.07, 6.45) is -0.801. The van der Waals surface area contributed by atoms with E-state index in [-0.39, 0.29) is 29.5 Å². The van der Waals surface area contributed by atoms with Gasteiger partial charge in [-0.2, -0.15) is 0 Å². The van der Waals surface area contributed by atoms with Crippen LogP contribution in [-0.4, -0.2) is 57.2 Å². The molecule has 1 saturated heterocycles. The predicted molar refractivity (Wildman–Crippen MR) is 334 cm³/mol. The number of benzene rings is 9. The van der Waals surface area contributed by atoms with Gasteiger partial charge in [0.05, 0.1) is 0 Å². The van der Waals surface area contributed by atoms with E-state index < -0.39 is 46.4 Å². The van der Waals surface area contributed by atoms with Crippen LogP contribution in [0, 0.1) is 0 Å². The van der Waals surface area contributed by atoms with Gasteiger partial charge in [-0.25, -0.2) is 9.78 Å². The Hall–Kier alpha value is -9.34. The maximum absolute atomic E-state index is 15.6. The van der Waals surface area contributed by atoms with Crippen molar-refractivity contribution in [1.29, 1.82) is 0 Å². The number of oxime groups is 1. The number of rotatable bonds is 20. The molecule has 2 N–H and O–H groups in total. The SMILES string of the molecule is O=C(OC(c1ccccc1)c1ccccc1)C1=C(COc2ccc(Br)cc2)CS[C@@H]2C(NC(=O)/C(=N/OC(c3ccccc3)(c3ccccc3)c3ccccc3)c3csc(NC(c4ccccc4)(c4ccccc4)c4ccccc4)n3)C(=O)N12. The minimum absolute atomic E-state index is 0.00559. The number of β-lactam (4-membered cyclic amide) rings is 1. The second-order valence-electron chi connectivity index (χ2n) is 20.0. The molecule has 0 aliphatic carbocycles. The molecule has 0 radical (unpaired) electrons. The molecule has 14 heteroatoms. The number of fused-ring (bicyclic) bond motifs is 1. The highest BCUT2D eigenvalue weighted by Gasteiger charge is 2.55. The first-order valence-corrected chi connectivity index (χ1v) is 30.0. The Morgan fingerprint density at radius 1 is 0.607 bits per heavy atom. The third kappa shape index (κ3) is 11.2. The summed E-state index contributed by atoms with van der Waals surface area (Å²) < 4.78 is 13.6. The molecule has 414 valence electrons. The summed E-state index contributed by atoms with van der Waals surface area (Å²) in [5.41, 5.74) is 4.93. The van der Waals surface area contributed by atoms with E-state index in [0.29, 0.717) is 16.5 Å². The fourth-order valence-corrected chi connectivity index (χ4v) is 13.2. The van der Waals surface area contributed by atoms with Crippen molar-refractivity contribution in [2.75, 3.05) is 17.7 Å². The smallest absolute Gasteiger partial charge is 0.356 e. The number of carbonyl (C=O) groups excluding carboxylic acids is 3. The Kier molecular flexibility index (Phi) is 16.4. The van der Waals surface area contributed by atoms with Gasteiger partial charge in [-0.05, 0) is 52.1 Å². The van der Waals surface area contributed by atoms with E-state index in [0.717, 1.165) is 49.0 Å². The molecule has 2 aliphatic rings. The van der Waals surface area contributed by atoms with Gasteiger partial charge in [0.15, 0.2) is 16.9 Å². The van der Waals surface area contributed by atoms with Crippen LogP contribution in [0.5, 0.6) is 5.75 Å². The normalized spacial score (nSPS) is 15.1. The molecule has 0 saturated carbocycles. The number of amides is 2. The molecule has 0 spiro atoms. The van der Waals surface area contributed by atoms with Crippen LogP contribution in [0.2, 0.25) is 0 Å². The van der Waals surface area contributed by atoms with Gasteiger partial charge in [-0.15, -0.1) is 23.1 Å². The zero-order chi connectivity index (χ0) is 57.3. The summed E-state index contributed by atoms with van der Waals surface area (Å²) >= 11 is 6.21. The van der Waals surface area contributed by atoms with E-state index in [1.54, 1.807) is 5.38 Å². The molecule has 0 bridgehead atoms. The molecule has 9 aromatic carbocycles. The molecular weight excluding hydrogens is 1150 g/mol. The van der Waals surface area contributed by atoms with Gasteiger partial charge in [-0.3, -0.25) is 14.5 Å². The van der Waals surface area contributed by atoms with E-state index in [9.17, 15) is 0 Å². The number of ether oxygens (including phenoxy) is 2. The largest absolute Gasteiger partial charge is 0.489 e. The average Bonchev–Trinajstić information content (AvgIpc) is 1.47. The summed E-state index contributed by atoms with van der Waals surface area (Å²) in [4.78, 5) is 59.3. The third-order valence-electron chi connectivity index (χ3n) is 14.9. The van der Waals surface area contributed by atoms with Crippen molar-refractivity contribution in [3.8, 4) is 5.75 Å². The molecule has 2 amide bonds. The average molecular weight is 1210 g/mol. The second kappa shape index (κ2) is 25.0. The molecule has 84 heavy (non-hydrogen) atoms. The summed E-state index contributed by atoms with van der Waals surface area (Å²) in [6, 6.07) is 84.9. The first kappa shape index (κ1) is 55.2. The molecular formula is C70H54BrN5O6S2. The number of esters is 1. The van der Waals surface area contributed by atoms with E-state index >= 15 is 14.4 Å². The lowest BCUT2D eigenvalue weighted by molar-refractivity contribution is -0.154. The number of halogens is 1. The standard InChI is InChI=1S/C70H54BrN5O6S2/c71-57-41-43-58(44-42-57)80-45-50-46-83-66-61(65(78)76(66)62(50)67(79)81-63(48-25-9-1-10-26-48)49-27-11-2-12-28-49)73-64(77)60(75-82-70(54-35-19-6-20-36-54,55-37-21-7-22-38-55)56-39-23-8-24-40-56)59-47-84-68(72-59)74-69(51-29-13-3-14-30-51,52-31-15-4-16-32-52)53-33-17-5-18-34-53/h1-44,47,61,63,66H,45-46H2,(H,72,74)(H,73,77)/b75-60+/t61?,66-/m1/s1. The van der Waals surface area contributed by atoms with Gasteiger partial charge in [0.2, 0.25) is 5.60 Å². The van der Waals surface area contributed by atoms with Crippen LogP contribution >= 0.6 is 39.0 Å². The van der Waals surface area contributed by atoms with Crippen LogP contribution in [0.15, 0.2) is 293 Å². The van der Waals surface area contributed by atoms with E-state index in [2.05, 4.69) is 63.0 Å². The van der Waals surface area contributed by atoms with Crippen LogP contribution in [0.1, 0.15) is 56.3 Å². The fraction of sp³-hybridized carbons (Fsp3) is 0.100. The predicted octanol–water partition coefficient (Wildman–Crippen LogP) is 14.1. The summed E-state index contributed by atoms with van der Waals surface area (Å²) in [5.74, 6) is -1.09. The van der Waals surface area contributed by atoms with E-state index in [4.69, 9.17) is 24.5 Å². The minimum Gasteiger partial charge on any atom is -0.489 e. The van der Waals surface area contributed by atoms with Gasteiger partial charge >= 0.3 is 5.97 Å². The van der Waals surface area contributed by atoms with Crippen molar-refractivity contribution in [2.45, 2.75) is 28.7 Å². The zero-order valence-corrected chi connectivity index (χ0v) is 48.3. The summed E-state index contributed by atoms with van der Waals surface area (Å²) in [6.45, 7) is -0.00559. The molecule has 2 aliphatic heterocycles. The highest BCUT2D eigenvalue weighted by Crippen LogP contribution is 2.45. The zero-order valence-electron chi connectivity index (χ0n) is 45.1. The number of nitrogens with one attached hydrogen (secondary N) is 2. The van der Waals surface area contributed by atoms with Crippen LogP contribution in [0.25, 0.3) is 0 Å². The van der Waals surface area contributed by atoms with Gasteiger partial charge in [0.1, 0.15) is 40.7 Å². The van der Waals surface area contributed by atoms with Gasteiger partial charge in [0.25, 0.3) is 11.8 Å². The molecule has 1 fully saturated rings. The van der Waals surface area contributed by atoms with Crippen molar-refractivity contribution in [1.82, 2.24) is 15.2 Å². The van der Waals surface area contributed by atoms with E-state index in [1.807, 2.05) is 231 Å². The third-order valence-corrected chi connectivity index (χ3v) is 17.5. The minimum atomic E-state index is -1.38. The molecule has 1 aromatic heterocycles. The number of nitrogens with zero attached hydrogens (tertiary/aromatic N) is 3. The Morgan fingerprint density at radius 2 is 1.05 bits per heavy atom. The lowest BCUT2D eigenvalue weighted by Gasteiger charge is -2.49. The topological polar surface area (TPSA) is 131 Å². The number of aromatic nitrogens is 1. The Bertz CT molecular complexity index is 3710. The Balaban J connectivity index is 0.933. The Labute approximate surface area is 503 Å². The fourth-order valence-electron chi connectivity index (χ4n) is 10.8. The quantitative estimate of drug-likeness (QED) is 0.0252. The van der Waals surface area contributed by atoms with Crippen molar-refractivity contribution >= 4 is 67.7 Å². The molecule has 3 heterocycles. The number of thioether (sulfide) groups is 1. The number of hydrogen-bond acceptors (Lipinski definition) is 11. The molecule has 1 unspecified atom stereocenters. The maximum Gasteiger partial charge on any atom is 0.356 e. The molecule has 2 atom stereocenters. The monoisotopic (exact) mass is 1200 g/mol. The van der Waals surface area contributed by atoms with Crippen LogP contribution in [0.4, 0.5) is 5.13 Å². The maximum atomic E-state index is 15.6. The van der Waals surface area contributed by atoms with Gasteiger partial charge in [0, 0.05) is 37.9 Å². The van der Waals surface area contributed by atoms with Crippen LogP contribution in [-0.2, 0) is 35.1 Å². The first-order chi connectivity index (χ1) is 41.3. The lowest BCUT2D eigenvalue weighted by atomic mass is 9.77. The van der Waals surface area contributed by atoms with Gasteiger partial charge in [-0.1, -0.05) is 264 Å². The molecule has 11 nitrogen and oxygen atoms in total.